The number of anilines is 1. The highest BCUT2D eigenvalue weighted by Crippen LogP contribution is 2.54. The van der Waals surface area contributed by atoms with Gasteiger partial charge in [-0.2, -0.15) is 28.6 Å². The number of benzene rings is 1. The van der Waals surface area contributed by atoms with Crippen molar-refractivity contribution in [2.24, 2.45) is 5.92 Å². The molecule has 14 heteroatoms. The van der Waals surface area contributed by atoms with E-state index in [1.165, 1.54) is 30.6 Å². The van der Waals surface area contributed by atoms with Crippen molar-refractivity contribution in [1.29, 1.82) is 5.26 Å². The van der Waals surface area contributed by atoms with Gasteiger partial charge in [-0.15, -0.1) is 0 Å². The zero-order valence-electron chi connectivity index (χ0n) is 19.9. The molecule has 0 atom stereocenters. The number of alkyl halides is 3. The Morgan fingerprint density at radius 1 is 1.23 bits per heavy atom. The smallest absolute Gasteiger partial charge is 0.346 e. The monoisotopic (exact) mass is 554 g/mol. The Labute approximate surface area is 223 Å². The van der Waals surface area contributed by atoms with Crippen molar-refractivity contribution < 1.29 is 22.8 Å². The van der Waals surface area contributed by atoms with E-state index in [1.54, 1.807) is 0 Å². The fraction of sp³-hybridized carbons (Fsp3) is 0.280. The Morgan fingerprint density at radius 3 is 2.64 bits per heavy atom. The lowest BCUT2D eigenvalue weighted by Crippen LogP contribution is -2.39. The number of nitriles is 1. The minimum atomic E-state index is -4.87. The van der Waals surface area contributed by atoms with Crippen LogP contribution in [0.15, 0.2) is 36.7 Å². The highest BCUT2D eigenvalue weighted by molar-refractivity contribution is 6.32. The minimum Gasteiger partial charge on any atom is -0.346 e. The van der Waals surface area contributed by atoms with Gasteiger partial charge in [-0.25, -0.2) is 9.67 Å². The molecule has 0 unspecified atom stereocenters. The van der Waals surface area contributed by atoms with E-state index in [9.17, 15) is 28.0 Å². The molecule has 10 nitrogen and oxygen atoms in total. The van der Waals surface area contributed by atoms with Crippen LogP contribution in [0, 0.1) is 17.2 Å². The summed E-state index contributed by atoms with van der Waals surface area (Å²) in [7, 11) is 0. The van der Waals surface area contributed by atoms with Gasteiger partial charge in [0.1, 0.15) is 11.8 Å². The quantitative estimate of drug-likeness (QED) is 0.318. The van der Waals surface area contributed by atoms with Crippen molar-refractivity contribution in [3.05, 3.63) is 64.2 Å². The van der Waals surface area contributed by atoms with E-state index in [1.807, 2.05) is 6.07 Å². The molecule has 4 aromatic rings. The van der Waals surface area contributed by atoms with Gasteiger partial charge < -0.3 is 10.6 Å². The van der Waals surface area contributed by atoms with Gasteiger partial charge in [-0.05, 0) is 49.8 Å². The number of pyridine rings is 1. The number of hydrogen-bond donors (Lipinski definition) is 3. The fourth-order valence-electron chi connectivity index (χ4n) is 4.79. The third-order valence-electron chi connectivity index (χ3n) is 7.01. The molecule has 2 saturated carbocycles. The SMILES string of the molecule is N#Cc1cc2cn[nH]c2c(C(=O)NC2(C3CC3)CC2)c1NC(=O)c1cc(C(F)(F)F)nn1-c1ncccc1Cl. The van der Waals surface area contributed by atoms with Gasteiger partial charge in [0.25, 0.3) is 11.8 Å². The molecule has 2 amide bonds. The molecule has 0 bridgehead atoms. The molecule has 2 fully saturated rings. The highest BCUT2D eigenvalue weighted by Gasteiger charge is 2.55. The molecule has 3 aromatic heterocycles. The molecule has 0 spiro atoms. The summed E-state index contributed by atoms with van der Waals surface area (Å²) in [6, 6.07) is 6.78. The fourth-order valence-corrected chi connectivity index (χ4v) is 4.99. The zero-order chi connectivity index (χ0) is 27.5. The lowest BCUT2D eigenvalue weighted by Gasteiger charge is -2.19. The van der Waals surface area contributed by atoms with Gasteiger partial charge >= 0.3 is 6.18 Å². The second kappa shape index (κ2) is 8.81. The molecule has 6 rings (SSSR count). The van der Waals surface area contributed by atoms with E-state index in [4.69, 9.17) is 11.6 Å². The first-order chi connectivity index (χ1) is 18.6. The third-order valence-corrected chi connectivity index (χ3v) is 7.30. The third kappa shape index (κ3) is 4.36. The van der Waals surface area contributed by atoms with Crippen LogP contribution in [0.4, 0.5) is 18.9 Å². The second-order valence-corrected chi connectivity index (χ2v) is 10.00. The molecule has 0 saturated heterocycles. The first-order valence-electron chi connectivity index (χ1n) is 11.9. The van der Waals surface area contributed by atoms with E-state index in [0.29, 0.717) is 22.1 Å². The number of halogens is 4. The molecule has 39 heavy (non-hydrogen) atoms. The second-order valence-electron chi connectivity index (χ2n) is 9.59. The van der Waals surface area contributed by atoms with Gasteiger partial charge in [0.15, 0.2) is 11.5 Å². The molecule has 3 heterocycles. The van der Waals surface area contributed by atoms with E-state index >= 15 is 0 Å². The standard InChI is InChI=1S/C25H18ClF3N8O2/c26-15-2-1-7-31-21(15)37-16(9-17(36-37)25(27,28)29)22(38)33-19-12(10-30)8-13-11-32-35-20(13)18(19)23(39)34-24(5-6-24)14-3-4-14/h1-2,7-9,11,14H,3-6H2,(H,32,35)(H,33,38)(H,34,39). The van der Waals surface area contributed by atoms with Gasteiger partial charge in [-0.1, -0.05) is 11.6 Å². The average Bonchev–Trinajstić information content (AvgIpc) is 3.79. The number of nitrogens with zero attached hydrogens (tertiary/aromatic N) is 5. The molecule has 0 radical (unpaired) electrons. The Hall–Kier alpha value is -4.44. The lowest BCUT2D eigenvalue weighted by atomic mass is 10.0. The summed E-state index contributed by atoms with van der Waals surface area (Å²) in [6.07, 6.45) is 1.49. The predicted molar refractivity (Wildman–Crippen MR) is 132 cm³/mol. The summed E-state index contributed by atoms with van der Waals surface area (Å²) >= 11 is 6.14. The van der Waals surface area contributed by atoms with Crippen molar-refractivity contribution in [2.75, 3.05) is 5.32 Å². The van der Waals surface area contributed by atoms with Crippen molar-refractivity contribution in [3.8, 4) is 11.9 Å². The van der Waals surface area contributed by atoms with Crippen molar-refractivity contribution in [1.82, 2.24) is 30.3 Å². The van der Waals surface area contributed by atoms with Crippen LogP contribution in [0.2, 0.25) is 5.02 Å². The van der Waals surface area contributed by atoms with Crippen molar-refractivity contribution in [3.63, 3.8) is 0 Å². The van der Waals surface area contributed by atoms with Gasteiger partial charge in [-0.3, -0.25) is 14.7 Å². The Morgan fingerprint density at radius 2 is 2.00 bits per heavy atom. The molecule has 2 aliphatic rings. The number of H-pyrrole nitrogens is 1. The summed E-state index contributed by atoms with van der Waals surface area (Å²) in [4.78, 5) is 31.1. The lowest BCUT2D eigenvalue weighted by molar-refractivity contribution is -0.141. The van der Waals surface area contributed by atoms with Gasteiger partial charge in [0.2, 0.25) is 0 Å². The Kier molecular flexibility index (Phi) is 5.62. The number of carbonyl (C=O) groups excluding carboxylic acids is 2. The predicted octanol–water partition coefficient (Wildman–Crippen LogP) is 4.61. The van der Waals surface area contributed by atoms with E-state index in [-0.39, 0.29) is 38.7 Å². The van der Waals surface area contributed by atoms with Crippen LogP contribution in [0.5, 0.6) is 0 Å². The number of fused-ring (bicyclic) bond motifs is 1. The van der Waals surface area contributed by atoms with Crippen LogP contribution < -0.4 is 10.6 Å². The Balaban J connectivity index is 1.45. The average molecular weight is 555 g/mol. The first-order valence-corrected chi connectivity index (χ1v) is 12.3. The summed E-state index contributed by atoms with van der Waals surface area (Å²) in [6.45, 7) is 0. The molecular weight excluding hydrogens is 537 g/mol. The number of carbonyl (C=O) groups is 2. The van der Waals surface area contributed by atoms with E-state index in [0.717, 1.165) is 25.7 Å². The van der Waals surface area contributed by atoms with Crippen LogP contribution in [0.1, 0.15) is 57.8 Å². The van der Waals surface area contributed by atoms with Crippen LogP contribution in [-0.4, -0.2) is 42.3 Å². The van der Waals surface area contributed by atoms with E-state index in [2.05, 4.69) is 30.9 Å². The zero-order valence-corrected chi connectivity index (χ0v) is 20.7. The maximum absolute atomic E-state index is 13.6. The topological polar surface area (TPSA) is 141 Å². The minimum absolute atomic E-state index is 0.0418. The van der Waals surface area contributed by atoms with Crippen molar-refractivity contribution in [2.45, 2.75) is 37.4 Å². The van der Waals surface area contributed by atoms with Crippen LogP contribution in [0.25, 0.3) is 16.7 Å². The number of hydrogen-bond acceptors (Lipinski definition) is 6. The first kappa shape index (κ1) is 24.9. The van der Waals surface area contributed by atoms with E-state index < -0.39 is 29.4 Å². The summed E-state index contributed by atoms with van der Waals surface area (Å²) in [5.41, 5.74) is -2.25. The molecule has 2 aliphatic carbocycles. The van der Waals surface area contributed by atoms with Crippen LogP contribution in [-0.2, 0) is 6.18 Å². The van der Waals surface area contributed by atoms with Gasteiger partial charge in [0, 0.05) is 23.2 Å². The summed E-state index contributed by atoms with van der Waals surface area (Å²) in [5, 5.41) is 26.0. The van der Waals surface area contributed by atoms with Crippen LogP contribution >= 0.6 is 11.6 Å². The Bertz CT molecular complexity index is 1700. The number of rotatable bonds is 6. The summed E-state index contributed by atoms with van der Waals surface area (Å²) in [5.74, 6) is -1.43. The normalized spacial score (nSPS) is 16.1. The summed E-state index contributed by atoms with van der Waals surface area (Å²) < 4.78 is 41.4. The number of aromatic nitrogens is 5. The number of aromatic amines is 1. The van der Waals surface area contributed by atoms with Crippen molar-refractivity contribution >= 4 is 40.0 Å². The largest absolute Gasteiger partial charge is 0.435 e. The molecule has 3 N–H and O–H groups in total. The molecular formula is C25H18ClF3N8O2. The molecule has 0 aliphatic heterocycles. The van der Waals surface area contributed by atoms with Crippen LogP contribution in [0.3, 0.4) is 0 Å². The highest BCUT2D eigenvalue weighted by atomic mass is 35.5. The molecule has 198 valence electrons. The molecule has 1 aromatic carbocycles. The maximum Gasteiger partial charge on any atom is 0.435 e. The van der Waals surface area contributed by atoms with Gasteiger partial charge in [0.05, 0.1) is 33.6 Å². The maximum atomic E-state index is 13.6. The number of nitrogens with one attached hydrogen (secondary N) is 3. The number of amides is 2.